The second-order valence-corrected chi connectivity index (χ2v) is 4.17. The molecule has 0 aromatic carbocycles. The van der Waals surface area contributed by atoms with Gasteiger partial charge in [0.1, 0.15) is 5.82 Å². The smallest absolute Gasteiger partial charge is 0.337 e. The molecule has 0 saturated heterocycles. The molecule has 1 rings (SSSR count). The van der Waals surface area contributed by atoms with Gasteiger partial charge in [0, 0.05) is 13.1 Å². The van der Waals surface area contributed by atoms with Crippen LogP contribution < -0.4 is 4.90 Å². The Labute approximate surface area is 107 Å². The number of pyridine rings is 1. The molecule has 100 valence electrons. The number of aromatic carboxylic acids is 1. The topological polar surface area (TPSA) is 73.7 Å². The Bertz CT molecular complexity index is 407. The van der Waals surface area contributed by atoms with Crippen LogP contribution in [0.3, 0.4) is 0 Å². The summed E-state index contributed by atoms with van der Waals surface area (Å²) < 4.78 is 0. The minimum absolute atomic E-state index is 0.0606. The number of unbranched alkanes of at least 4 members (excludes halogenated alkanes) is 1. The zero-order valence-corrected chi connectivity index (χ0v) is 10.9. The number of carboxylic acids is 1. The van der Waals surface area contributed by atoms with Crippen molar-refractivity contribution in [1.29, 1.82) is 0 Å². The van der Waals surface area contributed by atoms with E-state index < -0.39 is 5.97 Å². The summed E-state index contributed by atoms with van der Waals surface area (Å²) in [7, 11) is 0. The Morgan fingerprint density at radius 3 is 2.61 bits per heavy atom. The monoisotopic (exact) mass is 252 g/mol. The minimum Gasteiger partial charge on any atom is -0.478 e. The number of hydrogen-bond acceptors (Lipinski definition) is 4. The summed E-state index contributed by atoms with van der Waals surface area (Å²) in [6.07, 6.45) is 2.08. The highest BCUT2D eigenvalue weighted by molar-refractivity contribution is 5.89. The van der Waals surface area contributed by atoms with Crippen molar-refractivity contribution in [3.8, 4) is 0 Å². The molecule has 0 fully saturated rings. The van der Waals surface area contributed by atoms with Gasteiger partial charge in [0.15, 0.2) is 0 Å². The number of aliphatic hydroxyl groups is 1. The Kier molecular flexibility index (Phi) is 5.58. The number of carboxylic acid groups (broad SMARTS) is 1. The Morgan fingerprint density at radius 1 is 1.39 bits per heavy atom. The molecule has 0 saturated carbocycles. The van der Waals surface area contributed by atoms with E-state index in [2.05, 4.69) is 11.9 Å². The summed E-state index contributed by atoms with van der Waals surface area (Å²) >= 11 is 0. The largest absolute Gasteiger partial charge is 0.478 e. The SMILES string of the molecule is CCCCN(CCO)c1ccc(C(=O)O)c(C)n1. The molecule has 18 heavy (non-hydrogen) atoms. The van der Waals surface area contributed by atoms with E-state index in [1.807, 2.05) is 4.90 Å². The zero-order valence-electron chi connectivity index (χ0n) is 10.9. The Balaban J connectivity index is 2.91. The number of carbonyl (C=O) groups is 1. The molecule has 5 nitrogen and oxygen atoms in total. The minimum atomic E-state index is -0.964. The number of aryl methyl sites for hydroxylation is 1. The van der Waals surface area contributed by atoms with Crippen LogP contribution in [0.4, 0.5) is 5.82 Å². The number of rotatable bonds is 7. The van der Waals surface area contributed by atoms with E-state index in [9.17, 15) is 4.79 Å². The molecular weight excluding hydrogens is 232 g/mol. The molecule has 1 heterocycles. The predicted molar refractivity (Wildman–Crippen MR) is 70.1 cm³/mol. The summed E-state index contributed by atoms with van der Waals surface area (Å²) in [6, 6.07) is 3.26. The van der Waals surface area contributed by atoms with Crippen LogP contribution >= 0.6 is 0 Å². The van der Waals surface area contributed by atoms with E-state index in [-0.39, 0.29) is 12.2 Å². The fraction of sp³-hybridized carbons (Fsp3) is 0.538. The molecule has 0 radical (unpaired) electrons. The molecule has 0 bridgehead atoms. The van der Waals surface area contributed by atoms with Gasteiger partial charge >= 0.3 is 5.97 Å². The third-order valence-electron chi connectivity index (χ3n) is 2.78. The lowest BCUT2D eigenvalue weighted by Crippen LogP contribution is -2.28. The first-order valence-corrected chi connectivity index (χ1v) is 6.17. The number of aliphatic hydroxyl groups excluding tert-OH is 1. The third kappa shape index (κ3) is 3.70. The van der Waals surface area contributed by atoms with Crippen molar-refractivity contribution in [3.05, 3.63) is 23.4 Å². The second kappa shape index (κ2) is 6.96. The number of anilines is 1. The molecule has 5 heteroatoms. The van der Waals surface area contributed by atoms with E-state index in [0.29, 0.717) is 12.2 Å². The molecule has 0 amide bonds. The Hall–Kier alpha value is -1.62. The zero-order chi connectivity index (χ0) is 13.5. The maximum atomic E-state index is 10.9. The van der Waals surface area contributed by atoms with Gasteiger partial charge in [-0.2, -0.15) is 0 Å². The number of hydrogen-bond donors (Lipinski definition) is 2. The highest BCUT2D eigenvalue weighted by Crippen LogP contribution is 2.15. The van der Waals surface area contributed by atoms with Crippen LogP contribution in [-0.4, -0.2) is 40.9 Å². The van der Waals surface area contributed by atoms with Crippen LogP contribution in [0.1, 0.15) is 35.8 Å². The average molecular weight is 252 g/mol. The van der Waals surface area contributed by atoms with Crippen molar-refractivity contribution >= 4 is 11.8 Å². The maximum absolute atomic E-state index is 10.9. The summed E-state index contributed by atoms with van der Waals surface area (Å²) in [6.45, 7) is 5.17. The van der Waals surface area contributed by atoms with Crippen LogP contribution in [0.25, 0.3) is 0 Å². The lowest BCUT2D eigenvalue weighted by Gasteiger charge is -2.23. The summed E-state index contributed by atoms with van der Waals surface area (Å²) in [5.74, 6) is -0.242. The van der Waals surface area contributed by atoms with Crippen molar-refractivity contribution in [2.75, 3.05) is 24.6 Å². The van der Waals surface area contributed by atoms with Crippen molar-refractivity contribution < 1.29 is 15.0 Å². The van der Waals surface area contributed by atoms with Crippen molar-refractivity contribution in [2.45, 2.75) is 26.7 Å². The Morgan fingerprint density at radius 2 is 2.11 bits per heavy atom. The number of aromatic nitrogens is 1. The molecule has 0 atom stereocenters. The molecule has 0 aliphatic carbocycles. The lowest BCUT2D eigenvalue weighted by atomic mass is 10.2. The molecule has 0 aliphatic heterocycles. The molecule has 2 N–H and O–H groups in total. The van der Waals surface area contributed by atoms with Crippen LogP contribution in [0.5, 0.6) is 0 Å². The molecular formula is C13H20N2O3. The highest BCUT2D eigenvalue weighted by atomic mass is 16.4. The highest BCUT2D eigenvalue weighted by Gasteiger charge is 2.12. The van der Waals surface area contributed by atoms with Crippen LogP contribution in [0.2, 0.25) is 0 Å². The summed E-state index contributed by atoms with van der Waals surface area (Å²) in [5.41, 5.74) is 0.720. The first kappa shape index (κ1) is 14.4. The summed E-state index contributed by atoms with van der Waals surface area (Å²) in [4.78, 5) is 17.2. The first-order chi connectivity index (χ1) is 8.60. The fourth-order valence-electron chi connectivity index (χ4n) is 1.76. The van der Waals surface area contributed by atoms with Crippen LogP contribution in [0, 0.1) is 6.92 Å². The molecule has 1 aromatic heterocycles. The lowest BCUT2D eigenvalue weighted by molar-refractivity contribution is 0.0695. The average Bonchev–Trinajstić information content (AvgIpc) is 2.33. The van der Waals surface area contributed by atoms with Gasteiger partial charge < -0.3 is 15.1 Å². The van der Waals surface area contributed by atoms with E-state index in [1.54, 1.807) is 19.1 Å². The van der Waals surface area contributed by atoms with Gasteiger partial charge in [-0.05, 0) is 25.5 Å². The van der Waals surface area contributed by atoms with Gasteiger partial charge in [-0.1, -0.05) is 13.3 Å². The van der Waals surface area contributed by atoms with E-state index >= 15 is 0 Å². The second-order valence-electron chi connectivity index (χ2n) is 4.17. The van der Waals surface area contributed by atoms with E-state index in [0.717, 1.165) is 25.2 Å². The standard InChI is InChI=1S/C13H20N2O3/c1-3-4-7-15(8-9-16)12-6-5-11(13(17)18)10(2)14-12/h5-6,16H,3-4,7-9H2,1-2H3,(H,17,18). The molecule has 0 unspecified atom stereocenters. The van der Waals surface area contributed by atoms with Gasteiger partial charge in [0.25, 0.3) is 0 Å². The van der Waals surface area contributed by atoms with Crippen molar-refractivity contribution in [2.24, 2.45) is 0 Å². The fourth-order valence-corrected chi connectivity index (χ4v) is 1.76. The molecule has 0 spiro atoms. The van der Waals surface area contributed by atoms with Gasteiger partial charge in [0.05, 0.1) is 17.9 Å². The first-order valence-electron chi connectivity index (χ1n) is 6.17. The van der Waals surface area contributed by atoms with Crippen molar-refractivity contribution in [1.82, 2.24) is 4.98 Å². The third-order valence-corrected chi connectivity index (χ3v) is 2.78. The van der Waals surface area contributed by atoms with E-state index in [4.69, 9.17) is 10.2 Å². The predicted octanol–water partition coefficient (Wildman–Crippen LogP) is 1.69. The summed E-state index contributed by atoms with van der Waals surface area (Å²) in [5, 5.41) is 18.0. The quantitative estimate of drug-likeness (QED) is 0.772. The van der Waals surface area contributed by atoms with Gasteiger partial charge in [-0.25, -0.2) is 9.78 Å². The van der Waals surface area contributed by atoms with Crippen LogP contribution in [-0.2, 0) is 0 Å². The van der Waals surface area contributed by atoms with Gasteiger partial charge in [0.2, 0.25) is 0 Å². The number of nitrogens with zero attached hydrogens (tertiary/aromatic N) is 2. The van der Waals surface area contributed by atoms with Crippen molar-refractivity contribution in [3.63, 3.8) is 0 Å². The molecule has 0 aliphatic rings. The maximum Gasteiger partial charge on any atom is 0.337 e. The normalized spacial score (nSPS) is 10.4. The van der Waals surface area contributed by atoms with E-state index in [1.165, 1.54) is 0 Å². The molecule has 1 aromatic rings. The van der Waals surface area contributed by atoms with Crippen LogP contribution in [0.15, 0.2) is 12.1 Å². The van der Waals surface area contributed by atoms with Gasteiger partial charge in [-0.3, -0.25) is 0 Å². The van der Waals surface area contributed by atoms with Gasteiger partial charge in [-0.15, -0.1) is 0 Å².